The van der Waals surface area contributed by atoms with Crippen LogP contribution in [0, 0.1) is 0 Å². The Kier molecular flexibility index (Phi) is 7.18. The van der Waals surface area contributed by atoms with Crippen molar-refractivity contribution in [2.45, 2.75) is 19.4 Å². The van der Waals surface area contributed by atoms with E-state index in [0.29, 0.717) is 11.4 Å². The number of hydrogen-bond donors (Lipinski definition) is 4. The maximum Gasteiger partial charge on any atom is 0.316 e. The summed E-state index contributed by atoms with van der Waals surface area (Å²) in [5, 5.41) is 7.95. The minimum absolute atomic E-state index is 0.159. The third-order valence-electron chi connectivity index (χ3n) is 3.65. The van der Waals surface area contributed by atoms with E-state index in [-0.39, 0.29) is 30.8 Å². The molecule has 0 aliphatic rings. The lowest BCUT2D eigenvalue weighted by molar-refractivity contribution is -0.121. The molecule has 0 aliphatic heterocycles. The molecule has 8 nitrogen and oxygen atoms in total. The number of primary amides is 1. The summed E-state index contributed by atoms with van der Waals surface area (Å²) in [6, 6.07) is 9.59. The molecule has 0 saturated carbocycles. The zero-order chi connectivity index (χ0) is 19.6. The van der Waals surface area contributed by atoms with Crippen LogP contribution >= 0.6 is 0 Å². The number of hydrogen-bond acceptors (Lipinski definition) is 4. The van der Waals surface area contributed by atoms with Crippen molar-refractivity contribution in [3.63, 3.8) is 0 Å². The van der Waals surface area contributed by atoms with Gasteiger partial charge in [-0.05, 0) is 42.8 Å². The number of carbonyl (C=O) groups excluding carboxylic acids is 3. The number of nitrogens with two attached hydrogens (primary N) is 1. The Morgan fingerprint density at radius 1 is 1.19 bits per heavy atom. The summed E-state index contributed by atoms with van der Waals surface area (Å²) >= 11 is 0. The molecule has 5 N–H and O–H groups in total. The molecule has 0 radical (unpaired) electrons. The Hall–Kier alpha value is -3.55. The van der Waals surface area contributed by atoms with Crippen LogP contribution in [-0.4, -0.2) is 24.4 Å². The van der Waals surface area contributed by atoms with E-state index < -0.39 is 6.03 Å². The molecule has 1 aromatic heterocycles. The van der Waals surface area contributed by atoms with Crippen molar-refractivity contribution in [2.75, 3.05) is 11.9 Å². The minimum atomic E-state index is -0.634. The average Bonchev–Trinajstić information content (AvgIpc) is 3.13. The fourth-order valence-corrected chi connectivity index (χ4v) is 2.30. The molecule has 0 spiro atoms. The lowest BCUT2D eigenvalue weighted by atomic mass is 10.1. The highest BCUT2D eigenvalue weighted by Gasteiger charge is 2.10. The Bertz CT molecular complexity index is 798. The second-order valence-electron chi connectivity index (χ2n) is 5.79. The maximum atomic E-state index is 12.0. The quantitative estimate of drug-likeness (QED) is 0.531. The molecule has 8 heteroatoms. The van der Waals surface area contributed by atoms with E-state index in [9.17, 15) is 14.4 Å². The van der Waals surface area contributed by atoms with Gasteiger partial charge in [0.05, 0.1) is 12.3 Å². The van der Waals surface area contributed by atoms with E-state index >= 15 is 0 Å². The van der Waals surface area contributed by atoms with Gasteiger partial charge in [0.15, 0.2) is 0 Å². The molecule has 142 valence electrons. The lowest BCUT2D eigenvalue weighted by Crippen LogP contribution is -2.31. The Morgan fingerprint density at radius 3 is 2.56 bits per heavy atom. The van der Waals surface area contributed by atoms with Gasteiger partial charge in [0.25, 0.3) is 0 Å². The summed E-state index contributed by atoms with van der Waals surface area (Å²) in [4.78, 5) is 34.5. The third kappa shape index (κ3) is 7.07. The zero-order valence-corrected chi connectivity index (χ0v) is 14.9. The molecule has 4 amide bonds. The molecule has 0 saturated heterocycles. The van der Waals surface area contributed by atoms with Crippen LogP contribution in [0.4, 0.5) is 10.5 Å². The minimum Gasteiger partial charge on any atom is -0.465 e. The standard InChI is InChI=1S/C19H22N4O4/c1-13(14-4-6-15(7-5-14)23-19(20)26)22-18(25)10-11-21-17(24)9-8-16-3-2-12-27-16/h2-9,12-13H,10-11H2,1H3,(H,21,24)(H,22,25)(H3,20,23,26). The van der Waals surface area contributed by atoms with Crippen molar-refractivity contribution in [2.24, 2.45) is 5.73 Å². The molecule has 0 aliphatic carbocycles. The third-order valence-corrected chi connectivity index (χ3v) is 3.65. The number of rotatable bonds is 8. The zero-order valence-electron chi connectivity index (χ0n) is 14.9. The molecular weight excluding hydrogens is 348 g/mol. The predicted octanol–water partition coefficient (Wildman–Crippen LogP) is 2.17. The van der Waals surface area contributed by atoms with E-state index in [0.717, 1.165) is 5.56 Å². The van der Waals surface area contributed by atoms with Gasteiger partial charge in [-0.3, -0.25) is 9.59 Å². The van der Waals surface area contributed by atoms with Crippen molar-refractivity contribution in [1.82, 2.24) is 10.6 Å². The second kappa shape index (κ2) is 9.81. The molecular formula is C19H22N4O4. The van der Waals surface area contributed by atoms with Crippen molar-refractivity contribution in [1.29, 1.82) is 0 Å². The van der Waals surface area contributed by atoms with E-state index in [4.69, 9.17) is 10.2 Å². The normalized spacial score (nSPS) is 11.7. The molecule has 1 aromatic carbocycles. The first-order valence-electron chi connectivity index (χ1n) is 8.39. The summed E-state index contributed by atoms with van der Waals surface area (Å²) in [6.45, 7) is 2.07. The van der Waals surface area contributed by atoms with Gasteiger partial charge in [0.1, 0.15) is 5.76 Å². The Morgan fingerprint density at radius 2 is 1.93 bits per heavy atom. The number of nitrogens with one attached hydrogen (secondary N) is 3. The molecule has 0 bridgehead atoms. The van der Waals surface area contributed by atoms with E-state index in [1.165, 1.54) is 12.3 Å². The van der Waals surface area contributed by atoms with Gasteiger partial charge in [0, 0.05) is 24.7 Å². The summed E-state index contributed by atoms with van der Waals surface area (Å²) < 4.78 is 5.08. The summed E-state index contributed by atoms with van der Waals surface area (Å²) in [5.41, 5.74) is 6.51. The maximum absolute atomic E-state index is 12.0. The van der Waals surface area contributed by atoms with Crippen LogP contribution in [0.1, 0.15) is 30.7 Å². The van der Waals surface area contributed by atoms with E-state index in [2.05, 4.69) is 16.0 Å². The van der Waals surface area contributed by atoms with Crippen LogP contribution in [-0.2, 0) is 9.59 Å². The predicted molar refractivity (Wildman–Crippen MR) is 102 cm³/mol. The smallest absolute Gasteiger partial charge is 0.316 e. The fourth-order valence-electron chi connectivity index (χ4n) is 2.30. The van der Waals surface area contributed by atoms with Crippen LogP contribution in [0.3, 0.4) is 0 Å². The van der Waals surface area contributed by atoms with Gasteiger partial charge >= 0.3 is 6.03 Å². The first-order valence-corrected chi connectivity index (χ1v) is 8.39. The Labute approximate surface area is 156 Å². The van der Waals surface area contributed by atoms with Crippen molar-refractivity contribution >= 4 is 29.6 Å². The second-order valence-corrected chi connectivity index (χ2v) is 5.79. The molecule has 2 aromatic rings. The number of urea groups is 1. The summed E-state index contributed by atoms with van der Waals surface area (Å²) in [7, 11) is 0. The first kappa shape index (κ1) is 19.8. The van der Waals surface area contributed by atoms with E-state index in [1.54, 1.807) is 42.5 Å². The molecule has 1 unspecified atom stereocenters. The number of furan rings is 1. The number of carbonyl (C=O) groups is 3. The van der Waals surface area contributed by atoms with Gasteiger partial charge in [-0.1, -0.05) is 12.1 Å². The monoisotopic (exact) mass is 370 g/mol. The molecule has 1 atom stereocenters. The van der Waals surface area contributed by atoms with Crippen molar-refractivity contribution in [3.05, 3.63) is 60.1 Å². The fraction of sp³-hybridized carbons (Fsp3) is 0.211. The molecule has 2 rings (SSSR count). The molecule has 27 heavy (non-hydrogen) atoms. The molecule has 1 heterocycles. The largest absolute Gasteiger partial charge is 0.465 e. The van der Waals surface area contributed by atoms with E-state index in [1.807, 2.05) is 6.92 Å². The number of amides is 4. The molecule has 0 fully saturated rings. The highest BCUT2D eigenvalue weighted by molar-refractivity contribution is 5.91. The highest BCUT2D eigenvalue weighted by atomic mass is 16.3. The number of anilines is 1. The summed E-state index contributed by atoms with van der Waals surface area (Å²) in [5.74, 6) is 0.0932. The summed E-state index contributed by atoms with van der Waals surface area (Å²) in [6.07, 6.45) is 4.58. The van der Waals surface area contributed by atoms with Crippen molar-refractivity contribution in [3.8, 4) is 0 Å². The van der Waals surface area contributed by atoms with Gasteiger partial charge in [0.2, 0.25) is 11.8 Å². The van der Waals surface area contributed by atoms with Crippen LogP contribution < -0.4 is 21.7 Å². The topological polar surface area (TPSA) is 126 Å². The van der Waals surface area contributed by atoms with Gasteiger partial charge in [-0.25, -0.2) is 4.79 Å². The van der Waals surface area contributed by atoms with Crippen LogP contribution in [0.5, 0.6) is 0 Å². The number of benzene rings is 1. The van der Waals surface area contributed by atoms with Crippen molar-refractivity contribution < 1.29 is 18.8 Å². The Balaban J connectivity index is 1.71. The SMILES string of the molecule is CC(NC(=O)CCNC(=O)C=Cc1ccco1)c1ccc(NC(N)=O)cc1. The van der Waals surface area contributed by atoms with Gasteiger partial charge < -0.3 is 26.1 Å². The van der Waals surface area contributed by atoms with Crippen LogP contribution in [0.15, 0.2) is 53.2 Å². The average molecular weight is 370 g/mol. The van der Waals surface area contributed by atoms with Crippen LogP contribution in [0.25, 0.3) is 6.08 Å². The highest BCUT2D eigenvalue weighted by Crippen LogP contribution is 2.16. The first-order chi connectivity index (χ1) is 12.9. The van der Waals surface area contributed by atoms with Gasteiger partial charge in [-0.2, -0.15) is 0 Å². The van der Waals surface area contributed by atoms with Gasteiger partial charge in [-0.15, -0.1) is 0 Å². The van der Waals surface area contributed by atoms with Crippen LogP contribution in [0.2, 0.25) is 0 Å². The lowest BCUT2D eigenvalue weighted by Gasteiger charge is -2.15.